The Morgan fingerprint density at radius 1 is 1.18 bits per heavy atom. The summed E-state index contributed by atoms with van der Waals surface area (Å²) in [5.74, 6) is 1.90. The van der Waals surface area contributed by atoms with Gasteiger partial charge < -0.3 is 15.6 Å². The van der Waals surface area contributed by atoms with Crippen molar-refractivity contribution in [2.24, 2.45) is 17.1 Å². The van der Waals surface area contributed by atoms with Crippen molar-refractivity contribution in [3.05, 3.63) is 29.8 Å². The zero-order valence-electron chi connectivity index (χ0n) is 13.8. The van der Waals surface area contributed by atoms with Crippen molar-refractivity contribution in [1.82, 2.24) is 0 Å². The van der Waals surface area contributed by atoms with Crippen LogP contribution in [0.5, 0.6) is 5.75 Å². The third-order valence-corrected chi connectivity index (χ3v) is 5.79. The van der Waals surface area contributed by atoms with Gasteiger partial charge in [-0.15, -0.1) is 0 Å². The zero-order valence-corrected chi connectivity index (χ0v) is 13.8. The topological polar surface area (TPSA) is 55.5 Å². The third kappa shape index (κ3) is 3.31. The highest BCUT2D eigenvalue weighted by atomic mass is 16.5. The molecule has 0 unspecified atom stereocenters. The molecule has 0 saturated heterocycles. The van der Waals surface area contributed by atoms with E-state index in [1.54, 1.807) is 13.8 Å². The van der Waals surface area contributed by atoms with E-state index in [0.29, 0.717) is 5.41 Å². The number of benzene rings is 1. The lowest BCUT2D eigenvalue weighted by molar-refractivity contribution is 0.0191. The number of fused-ring (bicyclic) bond motifs is 3. The van der Waals surface area contributed by atoms with Gasteiger partial charge in [0.15, 0.2) is 0 Å². The molecule has 3 heteroatoms. The van der Waals surface area contributed by atoms with E-state index in [4.69, 9.17) is 10.5 Å². The van der Waals surface area contributed by atoms with Crippen LogP contribution in [0.15, 0.2) is 24.3 Å². The maximum atomic E-state index is 10.00. The molecule has 3 N–H and O–H groups in total. The van der Waals surface area contributed by atoms with Crippen molar-refractivity contribution in [3.8, 4) is 5.75 Å². The SMILES string of the molecule is CC(C)(O)[C@H](N)c1ccc(OCC23CCC(CC2)CC3)cc1. The lowest BCUT2D eigenvalue weighted by Crippen LogP contribution is -2.38. The first kappa shape index (κ1) is 15.8. The first-order valence-electron chi connectivity index (χ1n) is 8.59. The molecular weight excluding hydrogens is 274 g/mol. The summed E-state index contributed by atoms with van der Waals surface area (Å²) < 4.78 is 6.08. The van der Waals surface area contributed by atoms with Crippen LogP contribution in [-0.2, 0) is 0 Å². The zero-order chi connectivity index (χ0) is 15.8. The Kier molecular flexibility index (Phi) is 4.21. The number of ether oxygens (including phenoxy) is 1. The van der Waals surface area contributed by atoms with E-state index in [0.717, 1.165) is 23.8 Å². The molecule has 3 fully saturated rings. The van der Waals surface area contributed by atoms with Crippen LogP contribution in [0.25, 0.3) is 0 Å². The average Bonchev–Trinajstić information content (AvgIpc) is 2.54. The van der Waals surface area contributed by atoms with Crippen molar-refractivity contribution < 1.29 is 9.84 Å². The predicted molar refractivity (Wildman–Crippen MR) is 88.8 cm³/mol. The van der Waals surface area contributed by atoms with Gasteiger partial charge in [0.1, 0.15) is 5.75 Å². The summed E-state index contributed by atoms with van der Waals surface area (Å²) in [6, 6.07) is 7.51. The molecule has 3 aliphatic carbocycles. The normalized spacial score (nSPS) is 29.4. The molecule has 2 bridgehead atoms. The smallest absolute Gasteiger partial charge is 0.119 e. The van der Waals surface area contributed by atoms with Crippen molar-refractivity contribution in [2.45, 2.75) is 64.0 Å². The fourth-order valence-corrected chi connectivity index (χ4v) is 3.97. The molecule has 0 radical (unpaired) electrons. The van der Waals surface area contributed by atoms with Crippen molar-refractivity contribution in [3.63, 3.8) is 0 Å². The van der Waals surface area contributed by atoms with Crippen molar-refractivity contribution in [1.29, 1.82) is 0 Å². The molecule has 3 aliphatic rings. The van der Waals surface area contributed by atoms with Gasteiger partial charge in [0.05, 0.1) is 18.2 Å². The monoisotopic (exact) mass is 303 g/mol. The van der Waals surface area contributed by atoms with Gasteiger partial charge in [0, 0.05) is 5.41 Å². The molecule has 3 nitrogen and oxygen atoms in total. The molecule has 22 heavy (non-hydrogen) atoms. The molecule has 1 aromatic rings. The summed E-state index contributed by atoms with van der Waals surface area (Å²) in [5.41, 5.74) is 6.52. The van der Waals surface area contributed by atoms with Gasteiger partial charge in [-0.05, 0) is 76.0 Å². The highest BCUT2D eigenvalue weighted by Crippen LogP contribution is 2.50. The summed E-state index contributed by atoms with van der Waals surface area (Å²) in [5, 5.41) is 10.00. The second-order valence-corrected chi connectivity index (χ2v) is 7.97. The highest BCUT2D eigenvalue weighted by Gasteiger charge is 2.40. The van der Waals surface area contributed by atoms with Crippen LogP contribution < -0.4 is 10.5 Å². The fraction of sp³-hybridized carbons (Fsp3) is 0.684. The van der Waals surface area contributed by atoms with E-state index >= 15 is 0 Å². The second-order valence-electron chi connectivity index (χ2n) is 7.97. The van der Waals surface area contributed by atoms with Crippen LogP contribution in [0, 0.1) is 11.3 Å². The molecular formula is C19H29NO2. The average molecular weight is 303 g/mol. The van der Waals surface area contributed by atoms with Crippen LogP contribution in [-0.4, -0.2) is 17.3 Å². The second kappa shape index (κ2) is 5.86. The minimum Gasteiger partial charge on any atom is -0.493 e. The van der Waals surface area contributed by atoms with E-state index in [1.807, 2.05) is 24.3 Å². The number of hydrogen-bond donors (Lipinski definition) is 2. The third-order valence-electron chi connectivity index (χ3n) is 5.79. The minimum absolute atomic E-state index is 0.381. The van der Waals surface area contributed by atoms with Crippen molar-refractivity contribution >= 4 is 0 Å². The number of hydrogen-bond acceptors (Lipinski definition) is 3. The lowest BCUT2D eigenvalue weighted by atomic mass is 9.61. The Balaban J connectivity index is 1.59. The Morgan fingerprint density at radius 2 is 1.73 bits per heavy atom. The van der Waals surface area contributed by atoms with Crippen LogP contribution in [0.4, 0.5) is 0 Å². The maximum Gasteiger partial charge on any atom is 0.119 e. The Labute approximate surface area is 133 Å². The van der Waals surface area contributed by atoms with E-state index in [9.17, 15) is 5.11 Å². The summed E-state index contributed by atoms with van der Waals surface area (Å²) in [6.07, 6.45) is 8.17. The van der Waals surface area contributed by atoms with Gasteiger partial charge >= 0.3 is 0 Å². The number of rotatable bonds is 5. The molecule has 122 valence electrons. The Hall–Kier alpha value is -1.06. The maximum absolute atomic E-state index is 10.00. The van der Waals surface area contributed by atoms with Gasteiger partial charge in [-0.2, -0.15) is 0 Å². The van der Waals surface area contributed by atoms with Gasteiger partial charge in [-0.3, -0.25) is 0 Å². The van der Waals surface area contributed by atoms with E-state index in [-0.39, 0.29) is 6.04 Å². The molecule has 3 saturated carbocycles. The van der Waals surface area contributed by atoms with E-state index in [1.165, 1.54) is 38.5 Å². The first-order chi connectivity index (χ1) is 10.4. The molecule has 4 rings (SSSR count). The van der Waals surface area contributed by atoms with Crippen LogP contribution in [0.3, 0.4) is 0 Å². The van der Waals surface area contributed by atoms with E-state index in [2.05, 4.69) is 0 Å². The van der Waals surface area contributed by atoms with E-state index < -0.39 is 5.60 Å². The molecule has 0 spiro atoms. The lowest BCUT2D eigenvalue weighted by Gasteiger charge is -2.46. The summed E-state index contributed by atoms with van der Waals surface area (Å²) in [7, 11) is 0. The minimum atomic E-state index is -0.915. The van der Waals surface area contributed by atoms with Crippen molar-refractivity contribution in [2.75, 3.05) is 6.61 Å². The number of aliphatic hydroxyl groups is 1. The van der Waals surface area contributed by atoms with Crippen LogP contribution in [0.1, 0.15) is 64.0 Å². The van der Waals surface area contributed by atoms with Gasteiger partial charge in [-0.25, -0.2) is 0 Å². The molecule has 0 amide bonds. The molecule has 0 aliphatic heterocycles. The molecule has 1 aromatic carbocycles. The highest BCUT2D eigenvalue weighted by molar-refractivity contribution is 5.30. The molecule has 0 aromatic heterocycles. The predicted octanol–water partition coefficient (Wildman–Crippen LogP) is 3.81. The summed E-state index contributed by atoms with van der Waals surface area (Å²) >= 11 is 0. The van der Waals surface area contributed by atoms with Gasteiger partial charge in [0.2, 0.25) is 0 Å². The largest absolute Gasteiger partial charge is 0.493 e. The van der Waals surface area contributed by atoms with Gasteiger partial charge in [0.25, 0.3) is 0 Å². The Bertz CT molecular complexity index is 481. The first-order valence-corrected chi connectivity index (χ1v) is 8.59. The quantitative estimate of drug-likeness (QED) is 0.869. The van der Waals surface area contributed by atoms with Gasteiger partial charge in [-0.1, -0.05) is 12.1 Å². The Morgan fingerprint density at radius 3 is 2.23 bits per heavy atom. The standard InChI is InChI=1S/C19H29NO2/c1-18(2,21)17(20)15-3-5-16(6-4-15)22-13-19-10-7-14(8-11-19)9-12-19/h3-6,14,17,21H,7-13,20H2,1-2H3/t14?,17-,19?/m1/s1. The summed E-state index contributed by atoms with van der Waals surface area (Å²) in [4.78, 5) is 0. The van der Waals surface area contributed by atoms with Crippen LogP contribution in [0.2, 0.25) is 0 Å². The number of nitrogens with two attached hydrogens (primary N) is 1. The molecule has 1 atom stereocenters. The fourth-order valence-electron chi connectivity index (χ4n) is 3.97. The van der Waals surface area contributed by atoms with Crippen LogP contribution >= 0.6 is 0 Å². The summed E-state index contributed by atoms with van der Waals surface area (Å²) in [6.45, 7) is 4.32. The molecule has 0 heterocycles.